The topological polar surface area (TPSA) is 83.6 Å². The number of hydrogen-bond donors (Lipinski definition) is 2. The van der Waals surface area contributed by atoms with E-state index in [2.05, 4.69) is 44.8 Å². The molecule has 1 aliphatic heterocycles. The predicted octanol–water partition coefficient (Wildman–Crippen LogP) is 3.78. The van der Waals surface area contributed by atoms with Gasteiger partial charge in [-0.1, -0.05) is 30.3 Å². The van der Waals surface area contributed by atoms with Crippen molar-refractivity contribution in [1.82, 2.24) is 9.88 Å². The number of anilines is 2. The Labute approximate surface area is 191 Å². The van der Waals surface area contributed by atoms with Crippen molar-refractivity contribution in [3.05, 3.63) is 65.2 Å². The molecule has 2 heterocycles. The lowest BCUT2D eigenvalue weighted by molar-refractivity contribution is -0.116. The van der Waals surface area contributed by atoms with Crippen LogP contribution >= 0.6 is 11.3 Å². The Morgan fingerprint density at radius 3 is 2.50 bits per heavy atom. The first-order valence-corrected chi connectivity index (χ1v) is 11.4. The first kappa shape index (κ1) is 22.1. The maximum atomic E-state index is 12.4. The fourth-order valence-corrected chi connectivity index (χ4v) is 4.36. The van der Waals surface area contributed by atoms with Gasteiger partial charge in [-0.3, -0.25) is 14.5 Å². The molecule has 0 spiro atoms. The molecule has 0 unspecified atom stereocenters. The molecule has 0 atom stereocenters. The Balaban J connectivity index is 1.33. The van der Waals surface area contributed by atoms with E-state index in [-0.39, 0.29) is 18.2 Å². The van der Waals surface area contributed by atoms with Crippen molar-refractivity contribution in [3.8, 4) is 10.6 Å². The molecule has 2 amide bonds. The van der Waals surface area contributed by atoms with Crippen molar-refractivity contribution in [2.75, 3.05) is 36.9 Å². The van der Waals surface area contributed by atoms with Crippen molar-refractivity contribution >= 4 is 34.5 Å². The lowest BCUT2D eigenvalue weighted by Crippen LogP contribution is -2.35. The normalized spacial score (nSPS) is 14.2. The van der Waals surface area contributed by atoms with Crippen molar-refractivity contribution in [1.29, 1.82) is 0 Å². The van der Waals surface area contributed by atoms with Gasteiger partial charge in [0.2, 0.25) is 11.8 Å². The van der Waals surface area contributed by atoms with Gasteiger partial charge < -0.3 is 15.4 Å². The highest BCUT2D eigenvalue weighted by Crippen LogP contribution is 2.25. The van der Waals surface area contributed by atoms with Crippen LogP contribution < -0.4 is 10.6 Å². The fourth-order valence-electron chi connectivity index (χ4n) is 3.54. The van der Waals surface area contributed by atoms with Crippen LogP contribution in [0.2, 0.25) is 0 Å². The number of amides is 2. The molecule has 3 aromatic rings. The number of aromatic nitrogens is 1. The fraction of sp³-hybridized carbons (Fsp3) is 0.292. The van der Waals surface area contributed by atoms with Crippen LogP contribution in [0.3, 0.4) is 0 Å². The van der Waals surface area contributed by atoms with Gasteiger partial charge in [-0.2, -0.15) is 0 Å². The third-order valence-electron chi connectivity index (χ3n) is 5.07. The van der Waals surface area contributed by atoms with Crippen LogP contribution in [0.25, 0.3) is 10.6 Å². The summed E-state index contributed by atoms with van der Waals surface area (Å²) >= 11 is 1.54. The highest BCUT2D eigenvalue weighted by Gasteiger charge is 2.12. The van der Waals surface area contributed by atoms with Gasteiger partial charge in [-0.05, 0) is 23.8 Å². The molecule has 1 aromatic heterocycles. The summed E-state index contributed by atoms with van der Waals surface area (Å²) in [5.41, 5.74) is 4.33. The lowest BCUT2D eigenvalue weighted by Gasteiger charge is -2.26. The molecule has 0 aliphatic carbocycles. The van der Waals surface area contributed by atoms with E-state index < -0.39 is 0 Å². The average Bonchev–Trinajstić information content (AvgIpc) is 3.23. The van der Waals surface area contributed by atoms with Crippen LogP contribution in [-0.4, -0.2) is 48.0 Å². The van der Waals surface area contributed by atoms with Gasteiger partial charge in [-0.25, -0.2) is 4.98 Å². The zero-order valence-corrected chi connectivity index (χ0v) is 18.8. The second-order valence-corrected chi connectivity index (χ2v) is 8.57. The minimum Gasteiger partial charge on any atom is -0.379 e. The number of carbonyl (C=O) groups excluding carboxylic acids is 2. The van der Waals surface area contributed by atoms with E-state index in [1.807, 2.05) is 5.38 Å². The van der Waals surface area contributed by atoms with Crippen LogP contribution in [0.15, 0.2) is 53.9 Å². The molecule has 166 valence electrons. The van der Waals surface area contributed by atoms with Gasteiger partial charge in [0.05, 0.1) is 25.3 Å². The molecule has 7 nitrogen and oxygen atoms in total. The molecular weight excluding hydrogens is 424 g/mol. The number of thiazole rings is 1. The summed E-state index contributed by atoms with van der Waals surface area (Å²) in [7, 11) is 0. The first-order chi connectivity index (χ1) is 15.5. The summed E-state index contributed by atoms with van der Waals surface area (Å²) in [4.78, 5) is 30.7. The summed E-state index contributed by atoms with van der Waals surface area (Å²) < 4.78 is 5.40. The Kier molecular flexibility index (Phi) is 7.26. The first-order valence-electron chi connectivity index (χ1n) is 10.6. The summed E-state index contributed by atoms with van der Waals surface area (Å²) in [5.74, 6) is -0.305. The van der Waals surface area contributed by atoms with Crippen molar-refractivity contribution in [2.24, 2.45) is 0 Å². The molecule has 0 saturated carbocycles. The Hall–Kier alpha value is -3.07. The summed E-state index contributed by atoms with van der Waals surface area (Å²) in [6.07, 6.45) is 0.190. The van der Waals surface area contributed by atoms with Crippen LogP contribution in [0.5, 0.6) is 0 Å². The minimum absolute atomic E-state index is 0.150. The maximum Gasteiger partial charge on any atom is 0.230 e. The lowest BCUT2D eigenvalue weighted by atomic mass is 10.1. The number of morpholine rings is 1. The Bertz CT molecular complexity index is 1070. The van der Waals surface area contributed by atoms with Crippen LogP contribution in [0.1, 0.15) is 18.2 Å². The van der Waals surface area contributed by atoms with Crippen LogP contribution in [0.4, 0.5) is 11.4 Å². The molecule has 1 fully saturated rings. The van der Waals surface area contributed by atoms with Gasteiger partial charge in [0.15, 0.2) is 0 Å². The SMILES string of the molecule is CC(=O)Nc1cccc(NC(=O)Cc2csc(-c3ccc(CN4CCOCC4)cc3)n2)c1. The van der Waals surface area contributed by atoms with E-state index >= 15 is 0 Å². The van der Waals surface area contributed by atoms with E-state index in [0.717, 1.165) is 49.1 Å². The highest BCUT2D eigenvalue weighted by molar-refractivity contribution is 7.13. The average molecular weight is 451 g/mol. The van der Waals surface area contributed by atoms with Gasteiger partial charge in [0, 0.05) is 48.9 Å². The largest absolute Gasteiger partial charge is 0.379 e. The standard InChI is InChI=1S/C24H26N4O3S/c1-17(29)25-20-3-2-4-21(13-20)26-23(30)14-22-16-32-24(27-22)19-7-5-18(6-8-19)15-28-9-11-31-12-10-28/h2-8,13,16H,9-12,14-15H2,1H3,(H,25,29)(H,26,30). The molecule has 1 saturated heterocycles. The highest BCUT2D eigenvalue weighted by atomic mass is 32.1. The van der Waals surface area contributed by atoms with Gasteiger partial charge in [0.1, 0.15) is 5.01 Å². The quantitative estimate of drug-likeness (QED) is 0.572. The molecular formula is C24H26N4O3S. The van der Waals surface area contributed by atoms with E-state index in [1.165, 1.54) is 23.8 Å². The van der Waals surface area contributed by atoms with Crippen LogP contribution in [0, 0.1) is 0 Å². The molecule has 0 radical (unpaired) electrons. The van der Waals surface area contributed by atoms with Gasteiger partial charge in [0.25, 0.3) is 0 Å². The van der Waals surface area contributed by atoms with E-state index in [0.29, 0.717) is 11.4 Å². The monoisotopic (exact) mass is 450 g/mol. The summed E-state index contributed by atoms with van der Waals surface area (Å²) in [6.45, 7) is 5.91. The molecule has 0 bridgehead atoms. The molecule has 32 heavy (non-hydrogen) atoms. The molecule has 4 rings (SSSR count). The third-order valence-corrected chi connectivity index (χ3v) is 6.01. The van der Waals surface area contributed by atoms with Gasteiger partial charge >= 0.3 is 0 Å². The number of rotatable bonds is 7. The zero-order chi connectivity index (χ0) is 22.3. The number of ether oxygens (including phenoxy) is 1. The predicted molar refractivity (Wildman–Crippen MR) is 127 cm³/mol. The maximum absolute atomic E-state index is 12.4. The minimum atomic E-state index is -0.155. The Morgan fingerprint density at radius 2 is 1.78 bits per heavy atom. The van der Waals surface area contributed by atoms with E-state index in [1.54, 1.807) is 24.3 Å². The van der Waals surface area contributed by atoms with Gasteiger partial charge in [-0.15, -0.1) is 11.3 Å². The number of hydrogen-bond acceptors (Lipinski definition) is 6. The summed E-state index contributed by atoms with van der Waals surface area (Å²) in [6, 6.07) is 15.5. The van der Waals surface area contributed by atoms with E-state index in [9.17, 15) is 9.59 Å². The number of benzene rings is 2. The number of carbonyl (C=O) groups is 2. The van der Waals surface area contributed by atoms with Crippen molar-refractivity contribution < 1.29 is 14.3 Å². The van der Waals surface area contributed by atoms with Crippen molar-refractivity contribution in [3.63, 3.8) is 0 Å². The molecule has 2 N–H and O–H groups in total. The number of nitrogens with zero attached hydrogens (tertiary/aromatic N) is 2. The van der Waals surface area contributed by atoms with Crippen molar-refractivity contribution in [2.45, 2.75) is 19.9 Å². The molecule has 2 aromatic carbocycles. The molecule has 1 aliphatic rings. The van der Waals surface area contributed by atoms with Crippen LogP contribution in [-0.2, 0) is 27.3 Å². The number of nitrogens with one attached hydrogen (secondary N) is 2. The molecule has 8 heteroatoms. The zero-order valence-electron chi connectivity index (χ0n) is 18.0. The second-order valence-electron chi connectivity index (χ2n) is 7.72. The second kappa shape index (κ2) is 10.5. The van der Waals surface area contributed by atoms with E-state index in [4.69, 9.17) is 4.74 Å². The summed E-state index contributed by atoms with van der Waals surface area (Å²) in [5, 5.41) is 8.39. The smallest absolute Gasteiger partial charge is 0.230 e. The third kappa shape index (κ3) is 6.23. The Morgan fingerprint density at radius 1 is 1.06 bits per heavy atom.